The molecule has 3 rings (SSSR count). The minimum Gasteiger partial charge on any atom is -0.226 e. The quantitative estimate of drug-likeness (QED) is 0.561. The number of hydrogen-bond donors (Lipinski definition) is 0. The van der Waals surface area contributed by atoms with E-state index in [1.165, 1.54) is 22.5 Å². The van der Waals surface area contributed by atoms with Crippen LogP contribution in [0.25, 0.3) is 16.9 Å². The standard InChI is InChI=1S/C15H15N2/c1-12-6-8-13(9-7-12)14-11-17-10-4-3-5-15(17)16(14)2/h3-11H,1-2H3/q+1. The van der Waals surface area contributed by atoms with E-state index in [-0.39, 0.29) is 0 Å². The van der Waals surface area contributed by atoms with Crippen LogP contribution in [0.3, 0.4) is 0 Å². The Labute approximate surface area is 101 Å². The molecule has 0 aliphatic heterocycles. The van der Waals surface area contributed by atoms with Crippen LogP contribution in [-0.2, 0) is 7.05 Å². The van der Waals surface area contributed by atoms with Gasteiger partial charge in [0.05, 0.1) is 13.2 Å². The lowest BCUT2D eigenvalue weighted by Gasteiger charge is -1.97. The molecule has 0 N–H and O–H groups in total. The Morgan fingerprint density at radius 2 is 1.76 bits per heavy atom. The van der Waals surface area contributed by atoms with E-state index in [4.69, 9.17) is 0 Å². The molecule has 0 spiro atoms. The Bertz CT molecular complexity index is 663. The van der Waals surface area contributed by atoms with Crippen LogP contribution in [0.1, 0.15) is 5.56 Å². The lowest BCUT2D eigenvalue weighted by atomic mass is 10.1. The summed E-state index contributed by atoms with van der Waals surface area (Å²) in [5.41, 5.74) is 4.97. The Morgan fingerprint density at radius 1 is 1.00 bits per heavy atom. The molecule has 2 aromatic heterocycles. The number of fused-ring (bicyclic) bond motifs is 1. The Kier molecular flexibility index (Phi) is 2.22. The highest BCUT2D eigenvalue weighted by Crippen LogP contribution is 2.19. The summed E-state index contributed by atoms with van der Waals surface area (Å²) in [6, 6.07) is 14.9. The van der Waals surface area contributed by atoms with Crippen molar-refractivity contribution >= 4 is 5.65 Å². The first-order valence-electron chi connectivity index (χ1n) is 5.78. The molecule has 2 nitrogen and oxygen atoms in total. The van der Waals surface area contributed by atoms with Crippen LogP contribution in [-0.4, -0.2) is 4.57 Å². The molecule has 0 aliphatic carbocycles. The molecule has 17 heavy (non-hydrogen) atoms. The zero-order valence-electron chi connectivity index (χ0n) is 10.1. The van der Waals surface area contributed by atoms with Crippen LogP contribution in [0.2, 0.25) is 0 Å². The average Bonchev–Trinajstić information content (AvgIpc) is 2.69. The first-order chi connectivity index (χ1) is 8.25. The van der Waals surface area contributed by atoms with Gasteiger partial charge in [-0.1, -0.05) is 35.9 Å². The van der Waals surface area contributed by atoms with Crippen LogP contribution in [0.15, 0.2) is 54.9 Å². The van der Waals surface area contributed by atoms with E-state index in [1.807, 2.05) is 6.07 Å². The second-order valence-corrected chi connectivity index (χ2v) is 4.41. The molecule has 1 aromatic carbocycles. The molecule has 0 aliphatic rings. The molecule has 84 valence electrons. The molecular weight excluding hydrogens is 208 g/mol. The number of rotatable bonds is 1. The Morgan fingerprint density at radius 3 is 2.47 bits per heavy atom. The maximum atomic E-state index is 2.21. The fourth-order valence-electron chi connectivity index (χ4n) is 2.17. The predicted octanol–water partition coefficient (Wildman–Crippen LogP) is 2.74. The van der Waals surface area contributed by atoms with E-state index in [1.54, 1.807) is 0 Å². The zero-order valence-corrected chi connectivity index (χ0v) is 10.1. The number of pyridine rings is 1. The van der Waals surface area contributed by atoms with Crippen LogP contribution in [0, 0.1) is 6.92 Å². The van der Waals surface area contributed by atoms with Gasteiger partial charge in [-0.05, 0) is 13.0 Å². The number of nitrogens with zero attached hydrogens (tertiary/aromatic N) is 2. The summed E-state index contributed by atoms with van der Waals surface area (Å²) in [4.78, 5) is 0. The molecule has 0 unspecified atom stereocenters. The smallest absolute Gasteiger partial charge is 0.226 e. The van der Waals surface area contributed by atoms with Crippen molar-refractivity contribution in [3.8, 4) is 11.3 Å². The van der Waals surface area contributed by atoms with Gasteiger partial charge >= 0.3 is 0 Å². The van der Waals surface area contributed by atoms with Gasteiger partial charge in [0.25, 0.3) is 5.65 Å². The second kappa shape index (κ2) is 3.74. The van der Waals surface area contributed by atoms with Crippen LogP contribution in [0.4, 0.5) is 0 Å². The van der Waals surface area contributed by atoms with E-state index in [0.717, 1.165) is 0 Å². The SMILES string of the molecule is Cc1ccc(-c2c[n+]3ccccc3n2C)cc1. The number of aryl methyl sites for hydroxylation is 2. The van der Waals surface area contributed by atoms with Gasteiger partial charge in [0.1, 0.15) is 6.20 Å². The summed E-state index contributed by atoms with van der Waals surface area (Å²) < 4.78 is 4.36. The molecule has 2 heteroatoms. The monoisotopic (exact) mass is 223 g/mol. The highest BCUT2D eigenvalue weighted by molar-refractivity contribution is 5.61. The first kappa shape index (κ1) is 10.1. The number of imidazole rings is 1. The Hall–Kier alpha value is -2.09. The zero-order chi connectivity index (χ0) is 11.8. The first-order valence-corrected chi connectivity index (χ1v) is 5.78. The highest BCUT2D eigenvalue weighted by atomic mass is 15.1. The van der Waals surface area contributed by atoms with Gasteiger partial charge in [0, 0.05) is 11.6 Å². The van der Waals surface area contributed by atoms with Crippen LogP contribution in [0.5, 0.6) is 0 Å². The molecular formula is C15H15N2+. The number of aromatic nitrogens is 2. The second-order valence-electron chi connectivity index (χ2n) is 4.41. The normalized spacial score (nSPS) is 10.9. The summed E-state index contributed by atoms with van der Waals surface area (Å²) >= 11 is 0. The van der Waals surface area contributed by atoms with E-state index < -0.39 is 0 Å². The highest BCUT2D eigenvalue weighted by Gasteiger charge is 2.14. The van der Waals surface area contributed by atoms with Gasteiger partial charge in [-0.2, -0.15) is 0 Å². The maximum absolute atomic E-state index is 2.21. The lowest BCUT2D eigenvalue weighted by Crippen LogP contribution is -2.17. The third-order valence-corrected chi connectivity index (χ3v) is 3.18. The van der Waals surface area contributed by atoms with Crippen molar-refractivity contribution in [2.75, 3.05) is 0 Å². The minimum atomic E-state index is 1.20. The molecule has 2 heterocycles. The van der Waals surface area contributed by atoms with E-state index >= 15 is 0 Å². The van der Waals surface area contributed by atoms with Crippen molar-refractivity contribution in [1.29, 1.82) is 0 Å². The molecule has 0 saturated carbocycles. The van der Waals surface area contributed by atoms with Crippen molar-refractivity contribution in [3.05, 3.63) is 60.4 Å². The van der Waals surface area contributed by atoms with Gasteiger partial charge in [0.15, 0.2) is 5.69 Å². The molecule has 0 radical (unpaired) electrons. The third kappa shape index (κ3) is 1.62. The summed E-state index contributed by atoms with van der Waals surface area (Å²) in [7, 11) is 2.10. The van der Waals surface area contributed by atoms with Crippen molar-refractivity contribution in [2.45, 2.75) is 6.92 Å². The summed E-state index contributed by atoms with van der Waals surface area (Å²) in [5.74, 6) is 0. The van der Waals surface area contributed by atoms with E-state index in [9.17, 15) is 0 Å². The largest absolute Gasteiger partial charge is 0.286 e. The van der Waals surface area contributed by atoms with Gasteiger partial charge < -0.3 is 0 Å². The fourth-order valence-corrected chi connectivity index (χ4v) is 2.17. The Balaban J connectivity index is 2.24. The number of hydrogen-bond acceptors (Lipinski definition) is 0. The molecule has 3 aromatic rings. The average molecular weight is 223 g/mol. The molecule has 0 atom stereocenters. The van der Waals surface area contributed by atoms with Crippen molar-refractivity contribution < 1.29 is 4.40 Å². The van der Waals surface area contributed by atoms with Crippen molar-refractivity contribution in [1.82, 2.24) is 4.57 Å². The molecule has 0 fully saturated rings. The fraction of sp³-hybridized carbons (Fsp3) is 0.133. The topological polar surface area (TPSA) is 9.03 Å². The number of benzene rings is 1. The van der Waals surface area contributed by atoms with E-state index in [0.29, 0.717) is 0 Å². The third-order valence-electron chi connectivity index (χ3n) is 3.18. The van der Waals surface area contributed by atoms with Crippen molar-refractivity contribution in [2.24, 2.45) is 7.05 Å². The van der Waals surface area contributed by atoms with Crippen molar-refractivity contribution in [3.63, 3.8) is 0 Å². The summed E-state index contributed by atoms with van der Waals surface area (Å²) in [5, 5.41) is 0. The molecule has 0 amide bonds. The predicted molar refractivity (Wildman–Crippen MR) is 68.7 cm³/mol. The maximum Gasteiger partial charge on any atom is 0.286 e. The van der Waals surface area contributed by atoms with Gasteiger partial charge in [-0.3, -0.25) is 0 Å². The van der Waals surface area contributed by atoms with Gasteiger partial charge in [0.2, 0.25) is 0 Å². The summed E-state index contributed by atoms with van der Waals surface area (Å²) in [6.45, 7) is 2.11. The molecule has 0 bridgehead atoms. The lowest BCUT2D eigenvalue weighted by molar-refractivity contribution is -0.510. The van der Waals surface area contributed by atoms with Crippen LogP contribution >= 0.6 is 0 Å². The van der Waals surface area contributed by atoms with Gasteiger partial charge in [-0.25, -0.2) is 8.97 Å². The summed E-state index contributed by atoms with van der Waals surface area (Å²) in [6.07, 6.45) is 4.24. The van der Waals surface area contributed by atoms with Crippen LogP contribution < -0.4 is 4.40 Å². The molecule has 0 saturated heterocycles. The minimum absolute atomic E-state index is 1.20. The van der Waals surface area contributed by atoms with E-state index in [2.05, 4.69) is 71.7 Å². The van der Waals surface area contributed by atoms with Gasteiger partial charge in [-0.15, -0.1) is 0 Å².